The van der Waals surface area contributed by atoms with E-state index < -0.39 is 0 Å². The van der Waals surface area contributed by atoms with E-state index in [0.717, 1.165) is 9.02 Å². The molecular weight excluding hydrogens is 136 g/mol. The Morgan fingerprint density at radius 3 is 1.25 bits per heavy atom. The molecule has 0 aromatic heterocycles. The normalized spacial score (nSPS) is 11.5. The summed E-state index contributed by atoms with van der Waals surface area (Å²) in [6.07, 6.45) is 0. The van der Waals surface area contributed by atoms with Gasteiger partial charge in [-0.2, -0.15) is 0 Å². The van der Waals surface area contributed by atoms with E-state index in [9.17, 15) is 0 Å². The van der Waals surface area contributed by atoms with Crippen LogP contribution in [-0.2, 0) is 0 Å². The van der Waals surface area contributed by atoms with Crippen molar-refractivity contribution in [2.45, 2.75) is 0 Å². The van der Waals surface area contributed by atoms with Gasteiger partial charge in [0, 0.05) is 20.1 Å². The lowest BCUT2D eigenvalue weighted by atomic mass is 10.4. The molecule has 0 aliphatic rings. The van der Waals surface area contributed by atoms with Gasteiger partial charge in [0.25, 0.3) is 0 Å². The smallest absolute Gasteiger partial charge is 0.0463 e. The molecule has 0 saturated heterocycles. The zero-order valence-electron chi connectivity index (χ0n) is 3.97. The van der Waals surface area contributed by atoms with Crippen LogP contribution in [0.4, 0.5) is 0 Å². The van der Waals surface area contributed by atoms with Crippen LogP contribution in [0.2, 0.25) is 0 Å². The largest absolute Gasteiger partial charge is 0.0794 e. The summed E-state index contributed by atoms with van der Waals surface area (Å²) in [7, 11) is 0. The van der Waals surface area contributed by atoms with Crippen LogP contribution in [0, 0.1) is 9.02 Å². The summed E-state index contributed by atoms with van der Waals surface area (Å²) in [5, 5.41) is 0. The first-order valence-electron chi connectivity index (χ1n) is 2.31. The molecule has 0 bridgehead atoms. The minimum absolute atomic E-state index is 0.983. The van der Waals surface area contributed by atoms with E-state index in [1.54, 1.807) is 0 Å². The van der Waals surface area contributed by atoms with E-state index in [0.29, 0.717) is 0 Å². The van der Waals surface area contributed by atoms with Gasteiger partial charge in [-0.25, -0.2) is 0 Å². The molecule has 0 N–H and O–H groups in total. The van der Waals surface area contributed by atoms with Gasteiger partial charge in [0.2, 0.25) is 0 Å². The molecule has 0 radical (unpaired) electrons. The van der Waals surface area contributed by atoms with Crippen molar-refractivity contribution in [2.75, 3.05) is 0 Å². The Morgan fingerprint density at radius 2 is 1.12 bits per heavy atom. The minimum atomic E-state index is 0.983. The standard InChI is InChI=1S/C6H2S2/c7-5-1-3(5)4-2-6(4)8/h1-2H. The van der Waals surface area contributed by atoms with Crippen molar-refractivity contribution in [1.82, 2.24) is 0 Å². The zero-order valence-corrected chi connectivity index (χ0v) is 5.60. The quantitative estimate of drug-likeness (QED) is 0.555. The molecule has 0 nitrogen and oxygen atoms in total. The first-order valence-corrected chi connectivity index (χ1v) is 3.13. The second kappa shape index (κ2) is 1.14. The number of rotatable bonds is 1. The van der Waals surface area contributed by atoms with E-state index >= 15 is 0 Å². The monoisotopic (exact) mass is 138 g/mol. The zero-order chi connectivity index (χ0) is 5.72. The van der Waals surface area contributed by atoms with Gasteiger partial charge in [-0.15, -0.1) is 0 Å². The molecular formula is C6H2S2. The summed E-state index contributed by atoms with van der Waals surface area (Å²) >= 11 is 9.69. The summed E-state index contributed by atoms with van der Waals surface area (Å²) in [5.74, 6) is 0. The average Bonchev–Trinajstić information content (AvgIpc) is 2.47. The lowest BCUT2D eigenvalue weighted by molar-refractivity contribution is 2.18. The third-order valence-electron chi connectivity index (χ3n) is 1.21. The van der Waals surface area contributed by atoms with Crippen molar-refractivity contribution in [3.8, 4) is 11.1 Å². The molecule has 0 saturated carbocycles. The first-order chi connectivity index (χ1) is 3.79. The molecule has 0 fully saturated rings. The van der Waals surface area contributed by atoms with Crippen molar-refractivity contribution < 1.29 is 0 Å². The Labute approximate surface area is 57.1 Å². The Hall–Kier alpha value is -0.340. The first kappa shape index (κ1) is 4.53. The molecule has 38 valence electrons. The topological polar surface area (TPSA) is 0 Å². The molecule has 0 aliphatic carbocycles. The third-order valence-corrected chi connectivity index (χ3v) is 1.88. The van der Waals surface area contributed by atoms with Gasteiger partial charge >= 0.3 is 0 Å². The van der Waals surface area contributed by atoms with Crippen LogP contribution in [0.25, 0.3) is 11.1 Å². The van der Waals surface area contributed by atoms with E-state index in [4.69, 9.17) is 24.4 Å². The van der Waals surface area contributed by atoms with Crippen LogP contribution < -0.4 is 0 Å². The summed E-state index contributed by atoms with van der Waals surface area (Å²) in [4.78, 5) is 0. The minimum Gasteiger partial charge on any atom is -0.0794 e. The molecule has 2 aromatic rings. The molecule has 0 amide bonds. The summed E-state index contributed by atoms with van der Waals surface area (Å²) in [6.45, 7) is 0. The molecule has 0 aliphatic heterocycles. The molecule has 0 atom stereocenters. The fourth-order valence-electron chi connectivity index (χ4n) is 0.611. The summed E-state index contributed by atoms with van der Waals surface area (Å²) < 4.78 is 1.97. The van der Waals surface area contributed by atoms with Crippen molar-refractivity contribution >= 4 is 24.4 Å². The van der Waals surface area contributed by atoms with Crippen LogP contribution in [0.1, 0.15) is 0 Å². The highest BCUT2D eigenvalue weighted by Gasteiger charge is 2.13. The predicted octanol–water partition coefficient (Wildman–Crippen LogP) is 2.56. The maximum absolute atomic E-state index is 4.85. The van der Waals surface area contributed by atoms with Gasteiger partial charge in [-0.3, -0.25) is 0 Å². The Kier molecular flexibility index (Phi) is 0.648. The van der Waals surface area contributed by atoms with Gasteiger partial charge in [-0.05, 0) is 12.1 Å². The SMILES string of the molecule is S=c1cc1-c1cc1=S. The number of hydrogen-bond donors (Lipinski definition) is 0. The van der Waals surface area contributed by atoms with Gasteiger partial charge in [0.05, 0.1) is 0 Å². The van der Waals surface area contributed by atoms with Crippen molar-refractivity contribution in [3.05, 3.63) is 21.2 Å². The van der Waals surface area contributed by atoms with Crippen LogP contribution in [-0.4, -0.2) is 0 Å². The van der Waals surface area contributed by atoms with Crippen molar-refractivity contribution in [2.24, 2.45) is 0 Å². The van der Waals surface area contributed by atoms with Crippen LogP contribution in [0.3, 0.4) is 0 Å². The molecule has 2 aromatic carbocycles. The molecule has 0 unspecified atom stereocenters. The molecule has 0 spiro atoms. The van der Waals surface area contributed by atoms with Crippen LogP contribution in [0.15, 0.2) is 12.1 Å². The summed E-state index contributed by atoms with van der Waals surface area (Å²) in [5.41, 5.74) is 2.40. The van der Waals surface area contributed by atoms with Gasteiger partial charge < -0.3 is 0 Å². The Morgan fingerprint density at radius 1 is 0.875 bits per heavy atom. The second-order valence-corrected chi connectivity index (χ2v) is 2.72. The molecule has 0 heterocycles. The van der Waals surface area contributed by atoms with Crippen LogP contribution >= 0.6 is 24.4 Å². The van der Waals surface area contributed by atoms with E-state index in [1.807, 2.05) is 12.1 Å². The van der Waals surface area contributed by atoms with Gasteiger partial charge in [0.1, 0.15) is 0 Å². The molecule has 2 heteroatoms. The summed E-state index contributed by atoms with van der Waals surface area (Å²) in [6, 6.07) is 3.95. The predicted molar refractivity (Wildman–Crippen MR) is 38.3 cm³/mol. The highest BCUT2D eigenvalue weighted by atomic mass is 32.1. The van der Waals surface area contributed by atoms with Crippen LogP contribution in [0.5, 0.6) is 0 Å². The fourth-order valence-corrected chi connectivity index (χ4v) is 1.07. The average molecular weight is 138 g/mol. The third kappa shape index (κ3) is 0.501. The Bertz CT molecular complexity index is 305. The van der Waals surface area contributed by atoms with Crippen molar-refractivity contribution in [1.29, 1.82) is 0 Å². The van der Waals surface area contributed by atoms with Crippen molar-refractivity contribution in [3.63, 3.8) is 0 Å². The molecule has 8 heavy (non-hydrogen) atoms. The van der Waals surface area contributed by atoms with Gasteiger partial charge in [-0.1, -0.05) is 24.4 Å². The maximum Gasteiger partial charge on any atom is 0.0463 e. The highest BCUT2D eigenvalue weighted by molar-refractivity contribution is 7.72. The van der Waals surface area contributed by atoms with E-state index in [-0.39, 0.29) is 0 Å². The van der Waals surface area contributed by atoms with E-state index in [2.05, 4.69) is 0 Å². The highest BCUT2D eigenvalue weighted by Crippen LogP contribution is 2.34. The maximum atomic E-state index is 4.85. The van der Waals surface area contributed by atoms with Gasteiger partial charge in [0.15, 0.2) is 0 Å². The number of hydrogen-bond acceptors (Lipinski definition) is 2. The lowest BCUT2D eigenvalue weighted by Crippen LogP contribution is -1.36. The van der Waals surface area contributed by atoms with E-state index in [1.165, 1.54) is 11.1 Å². The fraction of sp³-hybridized carbons (Fsp3) is 0. The second-order valence-electron chi connectivity index (χ2n) is 1.84. The molecule has 2 rings (SSSR count). The lowest BCUT2D eigenvalue weighted by Gasteiger charge is -1.59. The Balaban J connectivity index is 2.54.